The number of anilines is 1. The third-order valence-electron chi connectivity index (χ3n) is 2.03. The lowest BCUT2D eigenvalue weighted by Crippen LogP contribution is -2.15. The molecule has 0 unspecified atom stereocenters. The highest BCUT2D eigenvalue weighted by atomic mass is 32.2. The third-order valence-corrected chi connectivity index (χ3v) is 2.88. The van der Waals surface area contributed by atoms with Crippen LogP contribution in [0.25, 0.3) is 0 Å². The topological polar surface area (TPSA) is 76.7 Å². The van der Waals surface area contributed by atoms with Crippen LogP contribution in [0.5, 0.6) is 0 Å². The summed E-state index contributed by atoms with van der Waals surface area (Å²) < 4.78 is 13.6. The summed E-state index contributed by atoms with van der Waals surface area (Å²) in [5, 5.41) is 8.48. The summed E-state index contributed by atoms with van der Waals surface area (Å²) in [6, 6.07) is 7.69. The van der Waals surface area contributed by atoms with E-state index in [0.29, 0.717) is 26.4 Å². The van der Waals surface area contributed by atoms with Gasteiger partial charge in [0.1, 0.15) is 0 Å². The van der Waals surface area contributed by atoms with Crippen LogP contribution in [0.1, 0.15) is 21.3 Å². The summed E-state index contributed by atoms with van der Waals surface area (Å²) in [5.74, 6) is 0. The molecule has 0 atom stereocenters. The molecule has 6 heteroatoms. The lowest BCUT2D eigenvalue weighted by Gasteiger charge is -2.06. The first kappa shape index (κ1) is 22.5. The number of benzene rings is 1. The van der Waals surface area contributed by atoms with E-state index >= 15 is 0 Å². The van der Waals surface area contributed by atoms with E-state index in [2.05, 4.69) is 4.72 Å². The van der Waals surface area contributed by atoms with Gasteiger partial charge in [0, 0.05) is 17.1 Å². The lowest BCUT2D eigenvalue weighted by atomic mass is 10.3. The molecule has 0 aromatic heterocycles. The molecule has 0 aliphatic rings. The van der Waals surface area contributed by atoms with E-state index in [1.54, 1.807) is 11.9 Å². The second-order valence-corrected chi connectivity index (χ2v) is 4.48. The quantitative estimate of drug-likeness (QED) is 0.350. The highest BCUT2D eigenvalue weighted by Gasteiger charge is 1.94. The van der Waals surface area contributed by atoms with Gasteiger partial charge in [0.25, 0.3) is 0 Å². The van der Waals surface area contributed by atoms with Crippen molar-refractivity contribution in [3.63, 3.8) is 0 Å². The van der Waals surface area contributed by atoms with E-state index in [9.17, 15) is 0 Å². The predicted octanol–water partition coefficient (Wildman–Crippen LogP) is 2.55. The standard InChI is InChI=1S/C12H20N2O3S.C2H6.CH4/c13-11-1-3-12(4-2-11)18-14-5-7-16-9-10-17-8-6-15;1-2;/h1-4,14-15H,5-10,13H2;1-2H3;1H4. The van der Waals surface area contributed by atoms with E-state index in [1.807, 2.05) is 38.1 Å². The van der Waals surface area contributed by atoms with Crippen molar-refractivity contribution in [3.05, 3.63) is 24.3 Å². The van der Waals surface area contributed by atoms with Crippen LogP contribution in [0, 0.1) is 0 Å². The summed E-state index contributed by atoms with van der Waals surface area (Å²) >= 11 is 1.55. The third kappa shape index (κ3) is 13.9. The molecule has 0 radical (unpaired) electrons. The van der Waals surface area contributed by atoms with Crippen LogP contribution < -0.4 is 10.5 Å². The Morgan fingerprint density at radius 1 is 1.05 bits per heavy atom. The number of nitrogens with one attached hydrogen (secondary N) is 1. The number of nitrogens with two attached hydrogens (primary N) is 1. The Kier molecular flexibility index (Phi) is 18.5. The van der Waals surface area contributed by atoms with Crippen LogP contribution in [0.4, 0.5) is 5.69 Å². The lowest BCUT2D eigenvalue weighted by molar-refractivity contribution is 0.0349. The summed E-state index contributed by atoms with van der Waals surface area (Å²) in [4.78, 5) is 1.12. The first-order valence-electron chi connectivity index (χ1n) is 6.84. The molecular formula is C15H30N2O3S. The van der Waals surface area contributed by atoms with Crippen LogP contribution in [0.15, 0.2) is 29.2 Å². The highest BCUT2D eigenvalue weighted by Crippen LogP contribution is 2.15. The molecule has 0 aliphatic carbocycles. The molecule has 21 heavy (non-hydrogen) atoms. The zero-order valence-electron chi connectivity index (χ0n) is 12.3. The van der Waals surface area contributed by atoms with E-state index in [4.69, 9.17) is 20.3 Å². The molecule has 0 amide bonds. The van der Waals surface area contributed by atoms with Crippen molar-refractivity contribution < 1.29 is 14.6 Å². The summed E-state index contributed by atoms with van der Waals surface area (Å²) in [5.41, 5.74) is 6.36. The normalized spacial score (nSPS) is 9.48. The number of hydrogen-bond acceptors (Lipinski definition) is 6. The minimum Gasteiger partial charge on any atom is -0.399 e. The maximum atomic E-state index is 8.48. The van der Waals surface area contributed by atoms with E-state index in [0.717, 1.165) is 17.1 Å². The molecule has 0 aliphatic heterocycles. The van der Waals surface area contributed by atoms with Gasteiger partial charge in [-0.15, -0.1) is 0 Å². The number of hydrogen-bond donors (Lipinski definition) is 3. The van der Waals surface area contributed by atoms with Crippen LogP contribution in [0.2, 0.25) is 0 Å². The number of nitrogen functional groups attached to an aromatic ring is 1. The Labute approximate surface area is 133 Å². The van der Waals surface area contributed by atoms with Gasteiger partial charge in [-0.1, -0.05) is 21.3 Å². The molecule has 1 aromatic rings. The van der Waals surface area contributed by atoms with Gasteiger partial charge in [0.05, 0.1) is 33.0 Å². The van der Waals surface area contributed by atoms with Crippen LogP contribution in [-0.2, 0) is 9.47 Å². The minimum atomic E-state index is 0. The molecule has 4 N–H and O–H groups in total. The number of aliphatic hydroxyl groups is 1. The van der Waals surface area contributed by atoms with Crippen molar-refractivity contribution >= 4 is 17.6 Å². The Hall–Kier alpha value is -0.790. The molecule has 0 bridgehead atoms. The van der Waals surface area contributed by atoms with Gasteiger partial charge in [-0.2, -0.15) is 0 Å². The molecule has 0 fully saturated rings. The number of aliphatic hydroxyl groups excluding tert-OH is 1. The molecule has 0 spiro atoms. The SMILES string of the molecule is C.CC.Nc1ccc(SNCCOCCOCCO)cc1. The fourth-order valence-corrected chi connectivity index (χ4v) is 1.79. The highest BCUT2D eigenvalue weighted by molar-refractivity contribution is 7.97. The molecule has 0 heterocycles. The average molecular weight is 318 g/mol. The fourth-order valence-electron chi connectivity index (χ4n) is 1.17. The van der Waals surface area contributed by atoms with Gasteiger partial charge in [-0.25, -0.2) is 0 Å². The van der Waals surface area contributed by atoms with Crippen molar-refractivity contribution in [1.29, 1.82) is 0 Å². The van der Waals surface area contributed by atoms with Crippen molar-refractivity contribution in [2.75, 3.05) is 45.3 Å². The molecule has 0 saturated carbocycles. The Morgan fingerprint density at radius 2 is 1.62 bits per heavy atom. The van der Waals surface area contributed by atoms with E-state index in [-0.39, 0.29) is 14.0 Å². The number of rotatable bonds is 10. The van der Waals surface area contributed by atoms with E-state index < -0.39 is 0 Å². The van der Waals surface area contributed by atoms with Gasteiger partial charge in [-0.05, 0) is 36.2 Å². The van der Waals surface area contributed by atoms with Crippen molar-refractivity contribution in [3.8, 4) is 0 Å². The predicted molar refractivity (Wildman–Crippen MR) is 91.5 cm³/mol. The number of ether oxygens (including phenoxy) is 2. The van der Waals surface area contributed by atoms with Gasteiger partial charge in [0.15, 0.2) is 0 Å². The summed E-state index contributed by atoms with van der Waals surface area (Å²) in [7, 11) is 0. The van der Waals surface area contributed by atoms with Crippen LogP contribution in [0.3, 0.4) is 0 Å². The molecule has 5 nitrogen and oxygen atoms in total. The monoisotopic (exact) mass is 318 g/mol. The average Bonchev–Trinajstić information content (AvgIpc) is 2.49. The maximum Gasteiger partial charge on any atom is 0.0701 e. The van der Waals surface area contributed by atoms with Gasteiger partial charge in [0.2, 0.25) is 0 Å². The summed E-state index contributed by atoms with van der Waals surface area (Å²) in [6.07, 6.45) is 0. The van der Waals surface area contributed by atoms with Crippen molar-refractivity contribution in [1.82, 2.24) is 4.72 Å². The zero-order valence-corrected chi connectivity index (χ0v) is 13.1. The van der Waals surface area contributed by atoms with Crippen molar-refractivity contribution in [2.45, 2.75) is 26.2 Å². The minimum absolute atomic E-state index is 0. The zero-order chi connectivity index (χ0) is 15.1. The van der Waals surface area contributed by atoms with Gasteiger partial charge >= 0.3 is 0 Å². The van der Waals surface area contributed by atoms with Crippen LogP contribution >= 0.6 is 11.9 Å². The Balaban J connectivity index is 0. The molecule has 1 aromatic carbocycles. The first-order chi connectivity index (χ1) is 9.83. The molecule has 0 saturated heterocycles. The molecule has 1 rings (SSSR count). The van der Waals surface area contributed by atoms with Crippen molar-refractivity contribution in [2.24, 2.45) is 0 Å². The fraction of sp³-hybridized carbons (Fsp3) is 0.600. The summed E-state index contributed by atoms with van der Waals surface area (Å²) in [6.45, 7) is 6.88. The first-order valence-corrected chi connectivity index (χ1v) is 7.66. The largest absolute Gasteiger partial charge is 0.399 e. The van der Waals surface area contributed by atoms with Gasteiger partial charge in [-0.3, -0.25) is 4.72 Å². The maximum absolute atomic E-state index is 8.48. The molecular weight excluding hydrogens is 288 g/mol. The molecule has 124 valence electrons. The van der Waals surface area contributed by atoms with Crippen LogP contribution in [-0.4, -0.2) is 44.7 Å². The second-order valence-electron chi connectivity index (χ2n) is 3.51. The Morgan fingerprint density at radius 3 is 2.19 bits per heavy atom. The van der Waals surface area contributed by atoms with E-state index in [1.165, 1.54) is 0 Å². The van der Waals surface area contributed by atoms with Gasteiger partial charge < -0.3 is 20.3 Å². The smallest absolute Gasteiger partial charge is 0.0701 e. The second kappa shape index (κ2) is 17.3. The Bertz CT molecular complexity index is 310.